The Bertz CT molecular complexity index is 421. The zero-order valence-corrected chi connectivity index (χ0v) is 9.30. The molecule has 1 amide bonds. The Hall–Kier alpha value is -1.65. The second-order valence-corrected chi connectivity index (χ2v) is 4.36. The van der Waals surface area contributed by atoms with Crippen molar-refractivity contribution in [3.63, 3.8) is 0 Å². The molecule has 0 aromatic heterocycles. The summed E-state index contributed by atoms with van der Waals surface area (Å²) in [5.41, 5.74) is 4.53. The van der Waals surface area contributed by atoms with E-state index in [2.05, 4.69) is 5.32 Å². The zero-order valence-electron chi connectivity index (χ0n) is 9.30. The maximum absolute atomic E-state index is 13.1. The molecule has 3 N–H and O–H groups in total. The van der Waals surface area contributed by atoms with E-state index in [1.54, 1.807) is 0 Å². The minimum absolute atomic E-state index is 0.0338. The molecule has 1 aromatic rings. The average Bonchev–Trinajstić information content (AvgIpc) is 2.22. The van der Waals surface area contributed by atoms with Crippen molar-refractivity contribution in [2.24, 2.45) is 5.92 Å². The number of rotatable bonds is 3. The van der Waals surface area contributed by atoms with Gasteiger partial charge in [0, 0.05) is 12.1 Å². The monoisotopic (exact) mass is 240 g/mol. The topological polar surface area (TPSA) is 55.1 Å². The van der Waals surface area contributed by atoms with Gasteiger partial charge in [0.1, 0.15) is 17.3 Å². The van der Waals surface area contributed by atoms with Crippen molar-refractivity contribution in [2.75, 3.05) is 12.3 Å². The summed E-state index contributed by atoms with van der Waals surface area (Å²) < 4.78 is 26.3. The quantitative estimate of drug-likeness (QED) is 0.795. The van der Waals surface area contributed by atoms with Gasteiger partial charge in [-0.1, -0.05) is 6.42 Å². The van der Waals surface area contributed by atoms with Gasteiger partial charge in [-0.05, 0) is 30.9 Å². The molecular weight excluding hydrogens is 226 g/mol. The summed E-state index contributed by atoms with van der Waals surface area (Å²) in [5, 5.41) is 2.66. The Balaban J connectivity index is 2.02. The number of amides is 1. The van der Waals surface area contributed by atoms with Gasteiger partial charge in [-0.15, -0.1) is 0 Å². The molecule has 1 aliphatic carbocycles. The standard InChI is InChI=1S/C12H14F2N2O/c13-9-4-8(5-10(14)11(9)15)12(17)16-6-7-2-1-3-7/h4-5,7H,1-3,6,15H2,(H,16,17). The van der Waals surface area contributed by atoms with Crippen LogP contribution in [0.4, 0.5) is 14.5 Å². The first-order valence-corrected chi connectivity index (χ1v) is 5.60. The first-order valence-electron chi connectivity index (χ1n) is 5.60. The van der Waals surface area contributed by atoms with Crippen LogP contribution in [-0.4, -0.2) is 12.5 Å². The van der Waals surface area contributed by atoms with E-state index < -0.39 is 23.2 Å². The molecule has 0 saturated heterocycles. The summed E-state index contributed by atoms with van der Waals surface area (Å²) in [4.78, 5) is 11.6. The molecule has 0 heterocycles. The van der Waals surface area contributed by atoms with Crippen molar-refractivity contribution in [1.82, 2.24) is 5.32 Å². The van der Waals surface area contributed by atoms with Crippen molar-refractivity contribution < 1.29 is 13.6 Å². The summed E-state index contributed by atoms with van der Waals surface area (Å²) in [5.74, 6) is -1.77. The summed E-state index contributed by atoms with van der Waals surface area (Å²) >= 11 is 0. The van der Waals surface area contributed by atoms with E-state index in [-0.39, 0.29) is 5.56 Å². The van der Waals surface area contributed by atoms with E-state index in [9.17, 15) is 13.6 Å². The van der Waals surface area contributed by atoms with Crippen LogP contribution in [0, 0.1) is 17.6 Å². The van der Waals surface area contributed by atoms with Gasteiger partial charge in [-0.25, -0.2) is 8.78 Å². The second-order valence-electron chi connectivity index (χ2n) is 4.36. The number of benzene rings is 1. The maximum atomic E-state index is 13.1. The Morgan fingerprint density at radius 1 is 1.35 bits per heavy atom. The lowest BCUT2D eigenvalue weighted by Gasteiger charge is -2.25. The number of hydrogen-bond donors (Lipinski definition) is 2. The minimum atomic E-state index is -0.904. The number of nitrogen functional groups attached to an aromatic ring is 1. The zero-order chi connectivity index (χ0) is 12.4. The van der Waals surface area contributed by atoms with Gasteiger partial charge in [-0.2, -0.15) is 0 Å². The van der Waals surface area contributed by atoms with Gasteiger partial charge >= 0.3 is 0 Å². The number of nitrogens with one attached hydrogen (secondary N) is 1. The summed E-state index contributed by atoms with van der Waals surface area (Å²) in [7, 11) is 0. The van der Waals surface area contributed by atoms with Crippen LogP contribution in [0.2, 0.25) is 0 Å². The molecule has 17 heavy (non-hydrogen) atoms. The third-order valence-electron chi connectivity index (χ3n) is 3.12. The van der Waals surface area contributed by atoms with Crippen LogP contribution in [-0.2, 0) is 0 Å². The summed E-state index contributed by atoms with van der Waals surface area (Å²) in [6.07, 6.45) is 3.39. The number of hydrogen-bond acceptors (Lipinski definition) is 2. The second kappa shape index (κ2) is 4.69. The molecule has 1 saturated carbocycles. The Kier molecular flexibility index (Phi) is 3.26. The molecule has 0 radical (unpaired) electrons. The maximum Gasteiger partial charge on any atom is 0.251 e. The van der Waals surface area contributed by atoms with Crippen LogP contribution in [0.25, 0.3) is 0 Å². The third-order valence-corrected chi connectivity index (χ3v) is 3.12. The Labute approximate surface area is 98.0 Å². The lowest BCUT2D eigenvalue weighted by molar-refractivity contribution is 0.0938. The largest absolute Gasteiger partial charge is 0.394 e. The number of carbonyl (C=O) groups excluding carboxylic acids is 1. The SMILES string of the molecule is Nc1c(F)cc(C(=O)NCC2CCC2)cc1F. The minimum Gasteiger partial charge on any atom is -0.394 e. The molecule has 1 aromatic carbocycles. The predicted octanol–water partition coefficient (Wildman–Crippen LogP) is 2.08. The van der Waals surface area contributed by atoms with Crippen LogP contribution < -0.4 is 11.1 Å². The van der Waals surface area contributed by atoms with E-state index in [4.69, 9.17) is 5.73 Å². The van der Waals surface area contributed by atoms with E-state index in [1.807, 2.05) is 0 Å². The van der Waals surface area contributed by atoms with Crippen LogP contribution in [0.3, 0.4) is 0 Å². The van der Waals surface area contributed by atoms with E-state index in [0.29, 0.717) is 12.5 Å². The predicted molar refractivity (Wildman–Crippen MR) is 60.4 cm³/mol. The van der Waals surface area contributed by atoms with Gasteiger partial charge in [0.05, 0.1) is 0 Å². The lowest BCUT2D eigenvalue weighted by Crippen LogP contribution is -2.32. The van der Waals surface area contributed by atoms with E-state index in [0.717, 1.165) is 25.0 Å². The number of nitrogens with two attached hydrogens (primary N) is 1. The van der Waals surface area contributed by atoms with Gasteiger partial charge in [-0.3, -0.25) is 4.79 Å². The van der Waals surface area contributed by atoms with Crippen molar-refractivity contribution >= 4 is 11.6 Å². The van der Waals surface area contributed by atoms with Crippen molar-refractivity contribution in [1.29, 1.82) is 0 Å². The molecule has 3 nitrogen and oxygen atoms in total. The van der Waals surface area contributed by atoms with E-state index >= 15 is 0 Å². The fourth-order valence-corrected chi connectivity index (χ4v) is 1.75. The molecule has 0 bridgehead atoms. The van der Waals surface area contributed by atoms with Crippen LogP contribution >= 0.6 is 0 Å². The Morgan fingerprint density at radius 2 is 1.94 bits per heavy atom. The van der Waals surface area contributed by atoms with Crippen molar-refractivity contribution in [3.05, 3.63) is 29.3 Å². The average molecular weight is 240 g/mol. The van der Waals surface area contributed by atoms with Gasteiger partial charge in [0.15, 0.2) is 0 Å². The van der Waals surface area contributed by atoms with Crippen molar-refractivity contribution in [3.8, 4) is 0 Å². The number of carbonyl (C=O) groups is 1. The van der Waals surface area contributed by atoms with Crippen LogP contribution in [0.1, 0.15) is 29.6 Å². The first-order chi connectivity index (χ1) is 8.08. The van der Waals surface area contributed by atoms with Gasteiger partial charge < -0.3 is 11.1 Å². The molecule has 0 unspecified atom stereocenters. The third kappa shape index (κ3) is 2.54. The molecule has 0 atom stereocenters. The molecule has 0 spiro atoms. The molecule has 92 valence electrons. The molecule has 2 rings (SSSR count). The molecule has 1 fully saturated rings. The normalized spacial score (nSPS) is 15.4. The highest BCUT2D eigenvalue weighted by molar-refractivity contribution is 5.94. The van der Waals surface area contributed by atoms with E-state index in [1.165, 1.54) is 6.42 Å². The molecule has 5 heteroatoms. The van der Waals surface area contributed by atoms with Gasteiger partial charge in [0.25, 0.3) is 5.91 Å². The number of halogens is 2. The highest BCUT2D eigenvalue weighted by Crippen LogP contribution is 2.25. The fraction of sp³-hybridized carbons (Fsp3) is 0.417. The van der Waals surface area contributed by atoms with Gasteiger partial charge in [0.2, 0.25) is 0 Å². The molecule has 0 aliphatic heterocycles. The van der Waals surface area contributed by atoms with Crippen LogP contribution in [0.5, 0.6) is 0 Å². The molecular formula is C12H14F2N2O. The lowest BCUT2D eigenvalue weighted by atomic mass is 9.85. The number of anilines is 1. The van der Waals surface area contributed by atoms with Crippen LogP contribution in [0.15, 0.2) is 12.1 Å². The highest BCUT2D eigenvalue weighted by Gasteiger charge is 2.19. The smallest absolute Gasteiger partial charge is 0.251 e. The molecule has 1 aliphatic rings. The fourth-order valence-electron chi connectivity index (χ4n) is 1.75. The highest BCUT2D eigenvalue weighted by atomic mass is 19.1. The van der Waals surface area contributed by atoms with Crippen molar-refractivity contribution in [2.45, 2.75) is 19.3 Å². The first kappa shape index (κ1) is 11.8. The summed E-state index contributed by atoms with van der Waals surface area (Å²) in [6, 6.07) is 1.91. The Morgan fingerprint density at radius 3 is 2.41 bits per heavy atom. The summed E-state index contributed by atoms with van der Waals surface area (Å²) in [6.45, 7) is 0.562.